The monoisotopic (exact) mass is 634 g/mol. The van der Waals surface area contributed by atoms with Crippen molar-refractivity contribution in [2.45, 2.75) is 94.2 Å². The summed E-state index contributed by atoms with van der Waals surface area (Å²) < 4.78 is 13.0. The van der Waals surface area contributed by atoms with E-state index in [1.807, 2.05) is 30.3 Å². The lowest BCUT2D eigenvalue weighted by Crippen LogP contribution is -2.69. The van der Waals surface area contributed by atoms with Gasteiger partial charge in [0.2, 0.25) is 0 Å². The molecule has 2 bridgehead atoms. The second-order valence-corrected chi connectivity index (χ2v) is 15.0. The highest BCUT2D eigenvalue weighted by molar-refractivity contribution is 5.97. The molecule has 0 unspecified atom stereocenters. The molecule has 2 saturated carbocycles. The van der Waals surface area contributed by atoms with Gasteiger partial charge in [-0.1, -0.05) is 73.5 Å². The van der Waals surface area contributed by atoms with Crippen LogP contribution in [0.1, 0.15) is 84.8 Å². The molecule has 8 rings (SSSR count). The number of phenolic OH excluding ortho intramolecular Hbond substituents is 1. The van der Waals surface area contributed by atoms with Gasteiger partial charge in [0.05, 0.1) is 13.7 Å². The first kappa shape index (κ1) is 31.0. The van der Waals surface area contributed by atoms with Crippen molar-refractivity contribution in [2.75, 3.05) is 33.3 Å². The Hall–Kier alpha value is -3.35. The third kappa shape index (κ3) is 5.65. The molecule has 2 aliphatic heterocycles. The molecule has 6 nitrogen and oxygen atoms in total. The number of aromatic hydroxyl groups is 1. The van der Waals surface area contributed by atoms with Gasteiger partial charge in [0.25, 0.3) is 0 Å². The summed E-state index contributed by atoms with van der Waals surface area (Å²) in [6.07, 6.45) is 12.4. The molecule has 3 fully saturated rings. The highest BCUT2D eigenvalue weighted by Gasteiger charge is 2.67. The molecule has 1 N–H and O–H groups in total. The average Bonchev–Trinajstić information content (AvgIpc) is 3.86. The van der Waals surface area contributed by atoms with Crippen LogP contribution in [0.15, 0.2) is 66.7 Å². The molecular weight excluding hydrogens is 584 g/mol. The van der Waals surface area contributed by atoms with Crippen molar-refractivity contribution in [3.63, 3.8) is 0 Å². The summed E-state index contributed by atoms with van der Waals surface area (Å²) in [5.41, 5.74) is 4.34. The highest BCUT2D eigenvalue weighted by Crippen LogP contribution is 2.65. The second-order valence-electron chi connectivity index (χ2n) is 15.0. The minimum Gasteiger partial charge on any atom is -0.508 e. The van der Waals surface area contributed by atoms with E-state index in [9.17, 15) is 9.90 Å². The number of hydrogen-bond acceptors (Lipinski definition) is 6. The fraction of sp³-hybridized carbons (Fsp3) is 0.537. The molecule has 1 saturated heterocycles. The van der Waals surface area contributed by atoms with Crippen molar-refractivity contribution in [1.82, 2.24) is 9.80 Å². The number of likely N-dealkylation sites (tertiary alicyclic amines) is 1. The summed E-state index contributed by atoms with van der Waals surface area (Å²) in [6.45, 7) is 3.55. The van der Waals surface area contributed by atoms with Crippen LogP contribution in [-0.4, -0.2) is 72.2 Å². The Morgan fingerprint density at radius 2 is 1.77 bits per heavy atom. The summed E-state index contributed by atoms with van der Waals surface area (Å²) in [5, 5.41) is 11.4. The number of rotatable bonds is 14. The lowest BCUT2D eigenvalue weighted by Gasteiger charge is -2.60. The van der Waals surface area contributed by atoms with Crippen LogP contribution in [0.2, 0.25) is 0 Å². The topological polar surface area (TPSA) is 62.2 Å². The molecule has 2 heterocycles. The summed E-state index contributed by atoms with van der Waals surface area (Å²) in [6, 6.07) is 22.9. The molecule has 5 atom stereocenters. The molecule has 0 aromatic heterocycles. The normalized spacial score (nSPS) is 27.4. The zero-order valence-electron chi connectivity index (χ0n) is 27.9. The summed E-state index contributed by atoms with van der Waals surface area (Å²) in [7, 11) is 1.68. The van der Waals surface area contributed by atoms with Gasteiger partial charge < -0.3 is 14.6 Å². The van der Waals surface area contributed by atoms with Gasteiger partial charge in [-0.2, -0.15) is 0 Å². The van der Waals surface area contributed by atoms with E-state index in [-0.39, 0.29) is 23.3 Å². The summed E-state index contributed by atoms with van der Waals surface area (Å²) in [5.74, 6) is 3.36. The molecule has 0 radical (unpaired) electrons. The van der Waals surface area contributed by atoms with Crippen molar-refractivity contribution in [1.29, 1.82) is 0 Å². The van der Waals surface area contributed by atoms with Crippen LogP contribution in [0, 0.1) is 11.8 Å². The molecule has 6 heteroatoms. The minimum atomic E-state index is -0.160. The highest BCUT2D eigenvalue weighted by atomic mass is 16.5. The van der Waals surface area contributed by atoms with Crippen LogP contribution in [0.5, 0.6) is 17.2 Å². The van der Waals surface area contributed by atoms with Gasteiger partial charge in [0, 0.05) is 46.8 Å². The Balaban J connectivity index is 1.07. The maximum absolute atomic E-state index is 13.8. The first-order valence-electron chi connectivity index (χ1n) is 18.3. The van der Waals surface area contributed by atoms with Gasteiger partial charge in [0.1, 0.15) is 11.9 Å². The smallest absolute Gasteiger partial charge is 0.176 e. The number of hydrogen-bond donors (Lipinski definition) is 1. The van der Waals surface area contributed by atoms with E-state index in [4.69, 9.17) is 9.47 Å². The number of carbonyl (C=O) groups is 1. The number of carbonyl (C=O) groups excluding carboxylic acids is 1. The Kier molecular flexibility index (Phi) is 8.51. The molecule has 248 valence electrons. The van der Waals surface area contributed by atoms with E-state index in [0.717, 1.165) is 80.8 Å². The van der Waals surface area contributed by atoms with Crippen molar-refractivity contribution >= 4 is 5.78 Å². The molecule has 3 aliphatic carbocycles. The third-order valence-electron chi connectivity index (χ3n) is 12.3. The average molecular weight is 635 g/mol. The SMILES string of the molecule is COc1cc(O)c2c3c1O[C@H]1[C@@H](N(CCCCCCc4ccccc4)CC(=O)c4ccccc4)CC[C@H]4[C@@H](C2)N(CC2CC2)CC[C@@]341. The van der Waals surface area contributed by atoms with Crippen LogP contribution in [0.4, 0.5) is 0 Å². The van der Waals surface area contributed by atoms with E-state index in [1.54, 1.807) is 13.2 Å². The fourth-order valence-corrected chi connectivity index (χ4v) is 9.94. The maximum atomic E-state index is 13.8. The minimum absolute atomic E-state index is 0.0572. The Bertz CT molecular complexity index is 1570. The van der Waals surface area contributed by atoms with Crippen molar-refractivity contribution in [3.8, 4) is 17.2 Å². The first-order valence-corrected chi connectivity index (χ1v) is 18.3. The van der Waals surface area contributed by atoms with E-state index >= 15 is 0 Å². The molecule has 1 spiro atoms. The second kappa shape index (κ2) is 12.9. The van der Waals surface area contributed by atoms with Gasteiger partial charge in [-0.3, -0.25) is 14.6 Å². The quantitative estimate of drug-likeness (QED) is 0.149. The number of benzene rings is 3. The van der Waals surface area contributed by atoms with Crippen molar-refractivity contribution in [3.05, 3.63) is 89.0 Å². The zero-order chi connectivity index (χ0) is 32.0. The largest absolute Gasteiger partial charge is 0.508 e. The standard InChI is InChI=1S/C41H50N2O4/c1-46-37-25-35(44)31-24-34-32-19-20-33(40-41(32,38(31)39(37)47-40)21-23-43(34)26-29-17-18-29)42(27-36(45)30-15-9-5-10-16-30)22-11-3-2-6-12-28-13-7-4-8-14-28/h4-5,7-10,13-16,25,29,32-34,40,44H,2-3,6,11-12,17-24,26-27H2,1H3/t32-,33-,34+,40-,41-/m0/s1. The Morgan fingerprint density at radius 3 is 2.53 bits per heavy atom. The molecule has 3 aromatic carbocycles. The van der Waals surface area contributed by atoms with Gasteiger partial charge in [0.15, 0.2) is 17.3 Å². The van der Waals surface area contributed by atoms with Crippen molar-refractivity contribution < 1.29 is 19.4 Å². The number of ether oxygens (including phenoxy) is 2. The van der Waals surface area contributed by atoms with Crippen LogP contribution in [-0.2, 0) is 18.3 Å². The van der Waals surface area contributed by atoms with E-state index in [2.05, 4.69) is 40.1 Å². The van der Waals surface area contributed by atoms with E-state index in [1.165, 1.54) is 43.4 Å². The van der Waals surface area contributed by atoms with Gasteiger partial charge in [-0.05, 0) is 88.3 Å². The summed E-state index contributed by atoms with van der Waals surface area (Å²) in [4.78, 5) is 19.0. The van der Waals surface area contributed by atoms with Crippen LogP contribution in [0.25, 0.3) is 0 Å². The lowest BCUT2D eigenvalue weighted by molar-refractivity contribution is -0.0882. The number of phenols is 1. The lowest BCUT2D eigenvalue weighted by atomic mass is 9.50. The molecule has 3 aromatic rings. The van der Waals surface area contributed by atoms with Crippen molar-refractivity contribution in [2.24, 2.45) is 11.8 Å². The van der Waals surface area contributed by atoms with Gasteiger partial charge in [-0.15, -0.1) is 0 Å². The molecule has 47 heavy (non-hydrogen) atoms. The summed E-state index contributed by atoms with van der Waals surface area (Å²) >= 11 is 0. The predicted molar refractivity (Wildman–Crippen MR) is 185 cm³/mol. The van der Waals surface area contributed by atoms with E-state index in [0.29, 0.717) is 30.0 Å². The molecular formula is C41H50N2O4. The fourth-order valence-electron chi connectivity index (χ4n) is 9.94. The molecule has 0 amide bonds. The van der Waals surface area contributed by atoms with E-state index < -0.39 is 0 Å². The first-order chi connectivity index (χ1) is 23.1. The van der Waals surface area contributed by atoms with Crippen LogP contribution in [0.3, 0.4) is 0 Å². The number of piperidine rings is 1. The number of ketones is 1. The Morgan fingerprint density at radius 1 is 1.00 bits per heavy atom. The number of Topliss-reactive ketones (excluding diaryl/α,β-unsaturated/α-hetero) is 1. The van der Waals surface area contributed by atoms with Gasteiger partial charge >= 0.3 is 0 Å². The number of nitrogens with zero attached hydrogens (tertiary/aromatic N) is 2. The zero-order valence-corrected chi connectivity index (χ0v) is 27.9. The molecule has 5 aliphatic rings. The number of aryl methyl sites for hydroxylation is 1. The van der Waals surface area contributed by atoms with Crippen LogP contribution >= 0.6 is 0 Å². The maximum Gasteiger partial charge on any atom is 0.176 e. The number of methoxy groups -OCH3 is 1. The predicted octanol–water partition coefficient (Wildman–Crippen LogP) is 7.21. The Labute approximate surface area is 280 Å². The van der Waals surface area contributed by atoms with Crippen LogP contribution < -0.4 is 9.47 Å². The third-order valence-corrected chi connectivity index (χ3v) is 12.3. The number of unbranched alkanes of at least 4 members (excludes halogenated alkanes) is 3. The van der Waals surface area contributed by atoms with Gasteiger partial charge in [-0.25, -0.2) is 0 Å².